The van der Waals surface area contributed by atoms with Gasteiger partial charge >= 0.3 is 0 Å². The average Bonchev–Trinajstić information content (AvgIpc) is 2.88. The fourth-order valence-electron chi connectivity index (χ4n) is 7.09. The molecule has 1 aromatic rings. The third-order valence-electron chi connectivity index (χ3n) is 8.01. The standard InChI is InChI=1S/C21H19NO3/c23-19-15-16(20(24)22(19)10-4-2-1-3-5-10)18-14-12-7-6-11(21(12)8-9-21)13(14)17(15)25-18/h1-5,11-12,15-18H,6-9H2/t11-,12-,15-,16-,17+,18+/m1/s1. The monoisotopic (exact) mass is 333 g/mol. The second-order valence-corrected chi connectivity index (χ2v) is 8.70. The minimum Gasteiger partial charge on any atom is -0.365 e. The first kappa shape index (κ1) is 13.3. The van der Waals surface area contributed by atoms with Crippen molar-refractivity contribution in [3.63, 3.8) is 0 Å². The van der Waals surface area contributed by atoms with Crippen LogP contribution in [0, 0.1) is 29.1 Å². The number of anilines is 1. The zero-order chi connectivity index (χ0) is 16.5. The molecule has 25 heavy (non-hydrogen) atoms. The first-order chi connectivity index (χ1) is 12.2. The Morgan fingerprint density at radius 3 is 1.96 bits per heavy atom. The number of hydrogen-bond donors (Lipinski definition) is 0. The van der Waals surface area contributed by atoms with Gasteiger partial charge < -0.3 is 4.74 Å². The first-order valence-corrected chi connectivity index (χ1v) is 9.54. The van der Waals surface area contributed by atoms with E-state index in [0.717, 1.165) is 0 Å². The van der Waals surface area contributed by atoms with Crippen LogP contribution in [-0.2, 0) is 14.3 Å². The molecule has 2 saturated carbocycles. The molecule has 4 bridgehead atoms. The molecule has 3 aliphatic carbocycles. The van der Waals surface area contributed by atoms with Gasteiger partial charge in [0.1, 0.15) is 0 Å². The Bertz CT molecular complexity index is 836. The number of benzene rings is 1. The Morgan fingerprint density at radius 1 is 0.880 bits per heavy atom. The van der Waals surface area contributed by atoms with Gasteiger partial charge in [0, 0.05) is 0 Å². The fourth-order valence-corrected chi connectivity index (χ4v) is 7.09. The number of carbonyl (C=O) groups is 2. The van der Waals surface area contributed by atoms with E-state index in [1.807, 2.05) is 30.3 Å². The van der Waals surface area contributed by atoms with Crippen molar-refractivity contribution in [3.8, 4) is 0 Å². The smallest absolute Gasteiger partial charge is 0.240 e. The predicted octanol–water partition coefficient (Wildman–Crippen LogP) is 2.69. The number of carbonyl (C=O) groups excluding carboxylic acids is 2. The molecule has 0 N–H and O–H groups in total. The maximum atomic E-state index is 13.2. The third-order valence-corrected chi connectivity index (χ3v) is 8.01. The van der Waals surface area contributed by atoms with Gasteiger partial charge in [0.2, 0.25) is 11.8 Å². The molecule has 1 aromatic carbocycles. The molecule has 0 aromatic heterocycles. The summed E-state index contributed by atoms with van der Waals surface area (Å²) in [7, 11) is 0. The molecule has 126 valence electrons. The summed E-state index contributed by atoms with van der Waals surface area (Å²) in [4.78, 5) is 27.7. The minimum absolute atomic E-state index is 0.0483. The van der Waals surface area contributed by atoms with Crippen molar-refractivity contribution in [2.75, 3.05) is 4.90 Å². The zero-order valence-corrected chi connectivity index (χ0v) is 13.9. The van der Waals surface area contributed by atoms with E-state index in [9.17, 15) is 9.59 Å². The summed E-state index contributed by atoms with van der Waals surface area (Å²) >= 11 is 0. The number of amides is 2. The maximum Gasteiger partial charge on any atom is 0.240 e. The van der Waals surface area contributed by atoms with Crippen molar-refractivity contribution in [3.05, 3.63) is 41.5 Å². The minimum atomic E-state index is -0.286. The molecule has 2 saturated heterocycles. The van der Waals surface area contributed by atoms with Crippen LogP contribution >= 0.6 is 0 Å². The first-order valence-electron chi connectivity index (χ1n) is 9.54. The van der Waals surface area contributed by atoms with E-state index in [1.54, 1.807) is 0 Å². The third kappa shape index (κ3) is 1.26. The van der Waals surface area contributed by atoms with Crippen LogP contribution in [0.15, 0.2) is 41.5 Å². The van der Waals surface area contributed by atoms with Crippen LogP contribution in [0.25, 0.3) is 0 Å². The van der Waals surface area contributed by atoms with Crippen molar-refractivity contribution >= 4 is 17.5 Å². The van der Waals surface area contributed by atoms with E-state index >= 15 is 0 Å². The largest absolute Gasteiger partial charge is 0.365 e. The summed E-state index contributed by atoms with van der Waals surface area (Å²) < 4.78 is 6.29. The summed E-state index contributed by atoms with van der Waals surface area (Å²) in [5, 5.41) is 0. The van der Waals surface area contributed by atoms with Crippen LogP contribution in [0.3, 0.4) is 0 Å². The highest BCUT2D eigenvalue weighted by Crippen LogP contribution is 2.77. The molecule has 4 fully saturated rings. The summed E-state index contributed by atoms with van der Waals surface area (Å²) in [5.41, 5.74) is 4.12. The summed E-state index contributed by atoms with van der Waals surface area (Å²) in [6.45, 7) is 0. The Balaban J connectivity index is 1.33. The lowest BCUT2D eigenvalue weighted by atomic mass is 9.72. The van der Waals surface area contributed by atoms with Crippen molar-refractivity contribution in [1.29, 1.82) is 0 Å². The van der Waals surface area contributed by atoms with E-state index in [-0.39, 0.29) is 35.9 Å². The fraction of sp³-hybridized carbons (Fsp3) is 0.524. The summed E-state index contributed by atoms with van der Waals surface area (Å²) in [6, 6.07) is 9.37. The van der Waals surface area contributed by atoms with Crippen LogP contribution in [0.2, 0.25) is 0 Å². The van der Waals surface area contributed by atoms with Crippen molar-refractivity contribution < 1.29 is 14.3 Å². The number of para-hydroxylation sites is 1. The van der Waals surface area contributed by atoms with Crippen LogP contribution < -0.4 is 4.90 Å². The number of rotatable bonds is 1. The summed E-state index contributed by atoms with van der Waals surface area (Å²) in [6.07, 6.45) is 4.95. The molecule has 0 radical (unpaired) electrons. The molecule has 3 aliphatic heterocycles. The molecular weight excluding hydrogens is 314 g/mol. The predicted molar refractivity (Wildman–Crippen MR) is 89.5 cm³/mol. The number of ether oxygens (including phenoxy) is 1. The van der Waals surface area contributed by atoms with Gasteiger partial charge in [-0.25, -0.2) is 4.90 Å². The molecule has 3 heterocycles. The van der Waals surface area contributed by atoms with Crippen molar-refractivity contribution in [2.24, 2.45) is 29.1 Å². The highest BCUT2D eigenvalue weighted by molar-refractivity contribution is 6.23. The lowest BCUT2D eigenvalue weighted by Gasteiger charge is -2.26. The molecular formula is C21H19NO3. The SMILES string of the molecule is O=C1[C@@H]2[C@@H](C(=O)N1c1ccccc1)[C@H]1O[C@H]2C2=C1[C@H]1CC[C@H]2C12CC2. The molecule has 2 amide bonds. The van der Waals surface area contributed by atoms with Crippen molar-refractivity contribution in [1.82, 2.24) is 0 Å². The van der Waals surface area contributed by atoms with E-state index in [0.29, 0.717) is 22.9 Å². The van der Waals surface area contributed by atoms with Gasteiger partial charge in [0.15, 0.2) is 0 Å². The van der Waals surface area contributed by atoms with E-state index in [1.165, 1.54) is 41.7 Å². The van der Waals surface area contributed by atoms with Gasteiger partial charge in [-0.05, 0) is 66.2 Å². The summed E-state index contributed by atoms with van der Waals surface area (Å²) in [5.74, 6) is 0.605. The normalized spacial score (nSPS) is 44.2. The second-order valence-electron chi connectivity index (χ2n) is 8.70. The highest BCUT2D eigenvalue weighted by atomic mass is 16.5. The van der Waals surface area contributed by atoms with Crippen LogP contribution in [0.5, 0.6) is 0 Å². The Kier molecular flexibility index (Phi) is 2.08. The van der Waals surface area contributed by atoms with Gasteiger partial charge in [-0.15, -0.1) is 0 Å². The highest BCUT2D eigenvalue weighted by Gasteiger charge is 2.75. The van der Waals surface area contributed by atoms with E-state index in [2.05, 4.69) is 0 Å². The van der Waals surface area contributed by atoms with Crippen LogP contribution in [0.4, 0.5) is 5.69 Å². The topological polar surface area (TPSA) is 46.6 Å². The molecule has 4 heteroatoms. The molecule has 6 atom stereocenters. The number of fused-ring (bicyclic) bond motifs is 9. The lowest BCUT2D eigenvalue weighted by molar-refractivity contribution is -0.124. The van der Waals surface area contributed by atoms with Gasteiger partial charge in [-0.1, -0.05) is 18.2 Å². The van der Waals surface area contributed by atoms with Crippen LogP contribution in [0.1, 0.15) is 25.7 Å². The second kappa shape index (κ2) is 3.90. The van der Waals surface area contributed by atoms with E-state index < -0.39 is 0 Å². The molecule has 6 aliphatic rings. The van der Waals surface area contributed by atoms with E-state index in [4.69, 9.17) is 4.74 Å². The quantitative estimate of drug-likeness (QED) is 0.586. The van der Waals surface area contributed by atoms with Gasteiger partial charge in [-0.2, -0.15) is 0 Å². The lowest BCUT2D eigenvalue weighted by Crippen LogP contribution is -2.35. The number of hydrogen-bond acceptors (Lipinski definition) is 3. The molecule has 1 spiro atoms. The Hall–Kier alpha value is -1.94. The van der Waals surface area contributed by atoms with Crippen LogP contribution in [-0.4, -0.2) is 24.0 Å². The Morgan fingerprint density at radius 2 is 1.44 bits per heavy atom. The maximum absolute atomic E-state index is 13.2. The molecule has 4 nitrogen and oxygen atoms in total. The number of imide groups is 1. The van der Waals surface area contributed by atoms with Gasteiger partial charge in [0.25, 0.3) is 0 Å². The molecule has 0 unspecified atom stereocenters. The van der Waals surface area contributed by atoms with Gasteiger partial charge in [-0.3, -0.25) is 9.59 Å². The molecule has 7 rings (SSSR count). The zero-order valence-electron chi connectivity index (χ0n) is 13.9. The van der Waals surface area contributed by atoms with Crippen molar-refractivity contribution in [2.45, 2.75) is 37.9 Å². The van der Waals surface area contributed by atoms with Gasteiger partial charge in [0.05, 0.1) is 29.7 Å². The average molecular weight is 333 g/mol. The number of nitrogens with zero attached hydrogens (tertiary/aromatic N) is 1. The Labute approximate surface area is 145 Å².